The minimum atomic E-state index is -0.673. The SMILES string of the molecule is NC(N)=N/N=C/c1cccn1-c1ccc(F)cc1F. The number of rotatable bonds is 3. The Morgan fingerprint density at radius 2 is 2.00 bits per heavy atom. The highest BCUT2D eigenvalue weighted by Crippen LogP contribution is 2.16. The summed E-state index contributed by atoms with van der Waals surface area (Å²) in [6.07, 6.45) is 2.98. The van der Waals surface area contributed by atoms with E-state index in [0.717, 1.165) is 6.07 Å². The monoisotopic (exact) mass is 263 g/mol. The normalized spacial score (nSPS) is 10.8. The number of hydrogen-bond donors (Lipinski definition) is 2. The molecule has 98 valence electrons. The topological polar surface area (TPSA) is 81.7 Å². The predicted octanol–water partition coefficient (Wildman–Crippen LogP) is 1.36. The Bertz CT molecular complexity index is 641. The summed E-state index contributed by atoms with van der Waals surface area (Å²) in [5.74, 6) is -1.49. The van der Waals surface area contributed by atoms with E-state index in [-0.39, 0.29) is 11.6 Å². The van der Waals surface area contributed by atoms with Crippen molar-refractivity contribution < 1.29 is 8.78 Å². The van der Waals surface area contributed by atoms with Crippen LogP contribution in [-0.2, 0) is 0 Å². The lowest BCUT2D eigenvalue weighted by atomic mass is 10.3. The van der Waals surface area contributed by atoms with Crippen LogP contribution < -0.4 is 11.5 Å². The summed E-state index contributed by atoms with van der Waals surface area (Å²) in [6.45, 7) is 0. The van der Waals surface area contributed by atoms with Crippen LogP contribution in [0.15, 0.2) is 46.7 Å². The molecule has 0 fully saturated rings. The molecule has 0 saturated heterocycles. The highest BCUT2D eigenvalue weighted by atomic mass is 19.1. The minimum absolute atomic E-state index is 0.178. The van der Waals surface area contributed by atoms with Crippen LogP contribution in [-0.4, -0.2) is 16.7 Å². The summed E-state index contributed by atoms with van der Waals surface area (Å²) in [6, 6.07) is 6.71. The van der Waals surface area contributed by atoms with Gasteiger partial charge in [-0.3, -0.25) is 0 Å². The molecule has 0 aliphatic heterocycles. The molecule has 0 amide bonds. The van der Waals surface area contributed by atoms with Crippen LogP contribution in [0.25, 0.3) is 5.69 Å². The van der Waals surface area contributed by atoms with Gasteiger partial charge >= 0.3 is 0 Å². The molecule has 19 heavy (non-hydrogen) atoms. The first-order valence-electron chi connectivity index (χ1n) is 5.32. The highest BCUT2D eigenvalue weighted by Gasteiger charge is 2.07. The molecule has 0 saturated carbocycles. The number of halogens is 2. The van der Waals surface area contributed by atoms with Crippen LogP contribution in [0.4, 0.5) is 8.78 Å². The Morgan fingerprint density at radius 3 is 2.68 bits per heavy atom. The van der Waals surface area contributed by atoms with Crippen LogP contribution in [0.2, 0.25) is 0 Å². The van der Waals surface area contributed by atoms with Gasteiger partial charge in [0.15, 0.2) is 0 Å². The molecule has 4 N–H and O–H groups in total. The van der Waals surface area contributed by atoms with Gasteiger partial charge in [0.25, 0.3) is 0 Å². The van der Waals surface area contributed by atoms with E-state index in [4.69, 9.17) is 11.5 Å². The molecule has 0 bridgehead atoms. The molecule has 7 heteroatoms. The van der Waals surface area contributed by atoms with Crippen molar-refractivity contribution in [1.29, 1.82) is 0 Å². The lowest BCUT2D eigenvalue weighted by molar-refractivity contribution is 0.578. The summed E-state index contributed by atoms with van der Waals surface area (Å²) in [4.78, 5) is 0. The molecular weight excluding hydrogens is 252 g/mol. The van der Waals surface area contributed by atoms with Crippen LogP contribution in [0.5, 0.6) is 0 Å². The third-order valence-corrected chi connectivity index (χ3v) is 2.31. The molecule has 0 unspecified atom stereocenters. The first kappa shape index (κ1) is 12.7. The van der Waals surface area contributed by atoms with Gasteiger partial charge in [0.1, 0.15) is 11.6 Å². The van der Waals surface area contributed by atoms with Gasteiger partial charge in [-0.15, -0.1) is 5.10 Å². The molecule has 0 aliphatic carbocycles. The second-order valence-electron chi connectivity index (χ2n) is 3.67. The average molecular weight is 263 g/mol. The Hall–Kier alpha value is -2.70. The smallest absolute Gasteiger partial charge is 0.211 e. The number of aromatic nitrogens is 1. The largest absolute Gasteiger partial charge is 0.369 e. The summed E-state index contributed by atoms with van der Waals surface area (Å²) in [5, 5.41) is 7.09. The third kappa shape index (κ3) is 2.95. The molecule has 0 radical (unpaired) electrons. The lowest BCUT2D eigenvalue weighted by Crippen LogP contribution is -2.21. The van der Waals surface area contributed by atoms with Gasteiger partial charge in [-0.2, -0.15) is 5.10 Å². The van der Waals surface area contributed by atoms with Crippen molar-refractivity contribution >= 4 is 12.2 Å². The van der Waals surface area contributed by atoms with Gasteiger partial charge in [0.05, 0.1) is 17.6 Å². The fourth-order valence-corrected chi connectivity index (χ4v) is 1.55. The maximum Gasteiger partial charge on any atom is 0.211 e. The molecule has 2 rings (SSSR count). The van der Waals surface area contributed by atoms with Gasteiger partial charge in [0.2, 0.25) is 5.96 Å². The van der Waals surface area contributed by atoms with Gasteiger partial charge in [-0.25, -0.2) is 8.78 Å². The number of nitrogens with zero attached hydrogens (tertiary/aromatic N) is 3. The van der Waals surface area contributed by atoms with Crippen LogP contribution in [0, 0.1) is 11.6 Å². The minimum Gasteiger partial charge on any atom is -0.369 e. The van der Waals surface area contributed by atoms with Gasteiger partial charge in [-0.05, 0) is 24.3 Å². The molecule has 5 nitrogen and oxygen atoms in total. The Labute approximate surface area is 107 Å². The van der Waals surface area contributed by atoms with Crippen molar-refractivity contribution in [2.75, 3.05) is 0 Å². The molecule has 1 heterocycles. The highest BCUT2D eigenvalue weighted by molar-refractivity contribution is 5.81. The van der Waals surface area contributed by atoms with E-state index in [1.807, 2.05) is 0 Å². The molecule has 1 aromatic heterocycles. The first-order chi connectivity index (χ1) is 9.08. The summed E-state index contributed by atoms with van der Waals surface area (Å²) < 4.78 is 28.0. The van der Waals surface area contributed by atoms with Crippen molar-refractivity contribution in [1.82, 2.24) is 4.57 Å². The second kappa shape index (κ2) is 5.30. The van der Waals surface area contributed by atoms with Crippen molar-refractivity contribution in [2.45, 2.75) is 0 Å². The zero-order chi connectivity index (χ0) is 13.8. The second-order valence-corrected chi connectivity index (χ2v) is 3.67. The van der Waals surface area contributed by atoms with E-state index < -0.39 is 11.6 Å². The van der Waals surface area contributed by atoms with E-state index in [9.17, 15) is 8.78 Å². The molecule has 2 aromatic rings. The summed E-state index contributed by atoms with van der Waals surface area (Å²) in [5.41, 5.74) is 11.0. The standard InChI is InChI=1S/C12H11F2N5/c13-8-3-4-11(10(14)6-8)19-5-1-2-9(19)7-17-18-12(15)16/h1-7H,(H4,15,16,18)/b17-7+. The fourth-order valence-electron chi connectivity index (χ4n) is 1.55. The molecular formula is C12H11F2N5. The molecule has 0 aliphatic rings. The van der Waals surface area contributed by atoms with E-state index in [1.165, 1.54) is 22.9 Å². The van der Waals surface area contributed by atoms with Gasteiger partial charge < -0.3 is 16.0 Å². The predicted molar refractivity (Wildman–Crippen MR) is 69.1 cm³/mol. The Kier molecular flexibility index (Phi) is 3.56. The number of guanidine groups is 1. The first-order valence-corrected chi connectivity index (χ1v) is 5.32. The van der Waals surface area contributed by atoms with Crippen molar-refractivity contribution in [3.8, 4) is 5.69 Å². The van der Waals surface area contributed by atoms with Crippen molar-refractivity contribution in [3.63, 3.8) is 0 Å². The van der Waals surface area contributed by atoms with Crippen LogP contribution in [0.1, 0.15) is 5.69 Å². The zero-order valence-electron chi connectivity index (χ0n) is 9.79. The molecule has 0 spiro atoms. The van der Waals surface area contributed by atoms with Gasteiger partial charge in [0, 0.05) is 12.3 Å². The number of hydrogen-bond acceptors (Lipinski definition) is 2. The summed E-state index contributed by atoms with van der Waals surface area (Å²) >= 11 is 0. The van der Waals surface area contributed by atoms with Crippen LogP contribution in [0.3, 0.4) is 0 Å². The average Bonchev–Trinajstić information content (AvgIpc) is 2.77. The Morgan fingerprint density at radius 1 is 1.21 bits per heavy atom. The quantitative estimate of drug-likeness (QED) is 0.498. The van der Waals surface area contributed by atoms with Crippen molar-refractivity contribution in [3.05, 3.63) is 53.9 Å². The third-order valence-electron chi connectivity index (χ3n) is 2.31. The van der Waals surface area contributed by atoms with E-state index in [1.54, 1.807) is 18.3 Å². The fraction of sp³-hybridized carbons (Fsp3) is 0. The Balaban J connectivity index is 2.39. The molecule has 1 aromatic carbocycles. The van der Waals surface area contributed by atoms with E-state index in [2.05, 4.69) is 10.2 Å². The van der Waals surface area contributed by atoms with Crippen molar-refractivity contribution in [2.24, 2.45) is 21.7 Å². The molecule has 0 atom stereocenters. The zero-order valence-corrected chi connectivity index (χ0v) is 9.79. The van der Waals surface area contributed by atoms with E-state index >= 15 is 0 Å². The maximum atomic E-state index is 13.7. The number of nitrogens with two attached hydrogens (primary N) is 2. The summed E-state index contributed by atoms with van der Waals surface area (Å²) in [7, 11) is 0. The maximum absolute atomic E-state index is 13.7. The lowest BCUT2D eigenvalue weighted by Gasteiger charge is -2.07. The van der Waals surface area contributed by atoms with E-state index in [0.29, 0.717) is 5.69 Å². The number of benzene rings is 1. The van der Waals surface area contributed by atoms with Crippen LogP contribution >= 0.6 is 0 Å². The van der Waals surface area contributed by atoms with Gasteiger partial charge in [-0.1, -0.05) is 0 Å².